The van der Waals surface area contributed by atoms with Gasteiger partial charge in [0, 0.05) is 20.0 Å². The molecule has 0 N–H and O–H groups in total. The third kappa shape index (κ3) is 12.1. The van der Waals surface area contributed by atoms with Crippen molar-refractivity contribution in [2.75, 3.05) is 0 Å². The van der Waals surface area contributed by atoms with E-state index < -0.39 is 0 Å². The zero-order valence-corrected chi connectivity index (χ0v) is 24.6. The summed E-state index contributed by atoms with van der Waals surface area (Å²) in [4.78, 5) is 0. The zero-order valence-electron chi connectivity index (χ0n) is 16.8. The van der Waals surface area contributed by atoms with E-state index in [2.05, 4.69) is 98.6 Å². The van der Waals surface area contributed by atoms with Crippen LogP contribution in [-0.2, 0) is 0 Å². The maximum absolute atomic E-state index is 2.47. The molecule has 4 unspecified atom stereocenters. The second-order valence-corrected chi connectivity index (χ2v) is 22.4. The smallest absolute Gasteiger partial charge is 0.0831 e. The molecule has 8 heteroatoms. The first-order chi connectivity index (χ1) is 11.2. The first-order valence-corrected chi connectivity index (χ1v) is 22.4. The summed E-state index contributed by atoms with van der Waals surface area (Å²) < 4.78 is 1.03. The van der Waals surface area contributed by atoms with Gasteiger partial charge in [-0.1, -0.05) is 76.2 Å². The third-order valence-corrected chi connectivity index (χ3v) is 20.4. The number of hydrogen-bond donors (Lipinski definition) is 0. The fraction of sp³-hybridized carbons (Fsp3) is 1.00. The van der Waals surface area contributed by atoms with Crippen molar-refractivity contribution in [2.24, 2.45) is 0 Å². The van der Waals surface area contributed by atoms with Crippen LogP contribution in [0.15, 0.2) is 0 Å². The third-order valence-electron chi connectivity index (χ3n) is 4.35. The average Bonchev–Trinajstić information content (AvgIpc) is 2.52. The van der Waals surface area contributed by atoms with Crippen molar-refractivity contribution in [1.82, 2.24) is 0 Å². The zero-order chi connectivity index (χ0) is 18.6. The van der Waals surface area contributed by atoms with Crippen molar-refractivity contribution < 1.29 is 0 Å². The van der Waals surface area contributed by atoms with Crippen molar-refractivity contribution in [2.45, 2.75) is 100 Å². The van der Waals surface area contributed by atoms with E-state index in [1.807, 2.05) is 19.7 Å². The molecule has 0 aromatic rings. The summed E-state index contributed by atoms with van der Waals surface area (Å²) >= 11 is 4.54. The van der Waals surface area contributed by atoms with E-state index in [4.69, 9.17) is 0 Å². The van der Waals surface area contributed by atoms with Crippen LogP contribution in [0, 0.1) is 0 Å². The Balaban J connectivity index is 4.03. The minimum Gasteiger partial charge on any atom is -0.187 e. The molecule has 0 aliphatic rings. The van der Waals surface area contributed by atoms with Crippen LogP contribution in [0.4, 0.5) is 0 Å². The molecule has 0 heterocycles. The molecule has 0 rings (SSSR count). The molecule has 0 amide bonds. The topological polar surface area (TPSA) is 0 Å². The fourth-order valence-corrected chi connectivity index (χ4v) is 19.0. The fourth-order valence-electron chi connectivity index (χ4n) is 2.76. The van der Waals surface area contributed by atoms with Gasteiger partial charge in [-0.25, -0.2) is 0 Å². The van der Waals surface area contributed by atoms with Crippen LogP contribution in [-0.4, -0.2) is 37.3 Å². The Morgan fingerprint density at radius 3 is 1.33 bits per heavy atom. The van der Waals surface area contributed by atoms with Crippen LogP contribution < -0.4 is 0 Å². The van der Waals surface area contributed by atoms with Gasteiger partial charge in [0.15, 0.2) is 0 Å². The van der Waals surface area contributed by atoms with Gasteiger partial charge in [0.2, 0.25) is 0 Å². The maximum atomic E-state index is 2.47. The monoisotopic (exact) mass is 478 g/mol. The highest BCUT2D eigenvalue weighted by atomic mass is 33.7. The van der Waals surface area contributed by atoms with Gasteiger partial charge < -0.3 is 0 Å². The van der Waals surface area contributed by atoms with Gasteiger partial charge in [-0.2, -0.15) is 22.4 Å². The molecule has 0 aliphatic carbocycles. The van der Waals surface area contributed by atoms with E-state index >= 15 is 0 Å². The van der Waals surface area contributed by atoms with Crippen molar-refractivity contribution in [3.8, 4) is 0 Å². The Bertz CT molecular complexity index is 293. The quantitative estimate of drug-likeness (QED) is 0.137. The standard InChI is InChI=1S/C16H38S6Si2/c1-9-15(5,19-23-7)11-13(3)17-21-22-18-14(4)12-16(6,10-2)20-24-8/h13-14H,9-12,23-24H2,1-8H3. The minimum absolute atomic E-state index is 0.0900. The van der Waals surface area contributed by atoms with Crippen LogP contribution in [0.25, 0.3) is 0 Å². The Morgan fingerprint density at radius 2 is 1.08 bits per heavy atom. The number of rotatable bonds is 15. The van der Waals surface area contributed by atoms with Gasteiger partial charge in [-0.3, -0.25) is 0 Å². The summed E-state index contributed by atoms with van der Waals surface area (Å²) in [6, 6.07) is 0. The SMILES string of the molecule is CCC(C)(CC(C)SSSSC(C)CC(C)(CC)S[SiH2]C)S[SiH2]C. The summed E-state index contributed by atoms with van der Waals surface area (Å²) in [6.45, 7) is 19.3. The first kappa shape index (κ1) is 26.5. The van der Waals surface area contributed by atoms with Crippen LogP contribution in [0.2, 0.25) is 13.1 Å². The predicted molar refractivity (Wildman–Crippen MR) is 140 cm³/mol. The van der Waals surface area contributed by atoms with Crippen molar-refractivity contribution in [1.29, 1.82) is 0 Å². The van der Waals surface area contributed by atoms with Gasteiger partial charge in [0.1, 0.15) is 0 Å². The molecule has 146 valence electrons. The van der Waals surface area contributed by atoms with E-state index in [1.165, 1.54) is 25.7 Å². The van der Waals surface area contributed by atoms with E-state index in [0.29, 0.717) is 9.49 Å². The van der Waals surface area contributed by atoms with E-state index in [0.717, 1.165) is 10.5 Å². The van der Waals surface area contributed by atoms with Gasteiger partial charge >= 0.3 is 0 Å². The predicted octanol–water partition coefficient (Wildman–Crippen LogP) is 7.29. The summed E-state index contributed by atoms with van der Waals surface area (Å²) in [5.41, 5.74) is 0. The lowest BCUT2D eigenvalue weighted by Crippen LogP contribution is -2.24. The molecule has 0 aliphatic heterocycles. The maximum Gasteiger partial charge on any atom is 0.0831 e. The molecule has 0 radical (unpaired) electrons. The highest BCUT2D eigenvalue weighted by Gasteiger charge is 2.26. The molecule has 0 saturated carbocycles. The highest BCUT2D eigenvalue weighted by molar-refractivity contribution is 9.26. The Morgan fingerprint density at radius 1 is 0.750 bits per heavy atom. The summed E-state index contributed by atoms with van der Waals surface area (Å²) in [5.74, 6) is 0. The summed E-state index contributed by atoms with van der Waals surface area (Å²) in [7, 11) is 8.36. The lowest BCUT2D eigenvalue weighted by atomic mass is 10.0. The molecule has 0 saturated heterocycles. The lowest BCUT2D eigenvalue weighted by Gasteiger charge is -2.30. The van der Waals surface area contributed by atoms with Gasteiger partial charge in [0.25, 0.3) is 0 Å². The van der Waals surface area contributed by atoms with Crippen LogP contribution in [0.5, 0.6) is 0 Å². The normalized spacial score (nSPS) is 20.5. The van der Waals surface area contributed by atoms with Gasteiger partial charge in [0.05, 0.1) is 17.3 Å². The van der Waals surface area contributed by atoms with Crippen molar-refractivity contribution in [3.63, 3.8) is 0 Å². The molecule has 0 fully saturated rings. The molecule has 0 bridgehead atoms. The molecular formula is C16H38S6Si2. The van der Waals surface area contributed by atoms with E-state index in [9.17, 15) is 0 Å². The minimum atomic E-state index is 0.0900. The van der Waals surface area contributed by atoms with Gasteiger partial charge in [-0.05, 0) is 45.3 Å². The number of hydrogen-bond acceptors (Lipinski definition) is 6. The van der Waals surface area contributed by atoms with Crippen LogP contribution in [0.1, 0.15) is 67.2 Å². The summed E-state index contributed by atoms with van der Waals surface area (Å²) in [6.07, 6.45) is 5.31. The second-order valence-electron chi connectivity index (χ2n) is 6.83. The molecule has 0 aromatic heterocycles. The lowest BCUT2D eigenvalue weighted by molar-refractivity contribution is 0.571. The molecule has 0 nitrogen and oxygen atoms in total. The van der Waals surface area contributed by atoms with E-state index in [1.54, 1.807) is 0 Å². The Hall–Kier alpha value is 2.53. The molecular weight excluding hydrogens is 441 g/mol. The van der Waals surface area contributed by atoms with Crippen molar-refractivity contribution in [3.05, 3.63) is 0 Å². The molecule has 4 atom stereocenters. The Labute approximate surface area is 180 Å². The molecule has 0 aromatic carbocycles. The van der Waals surface area contributed by atoms with Crippen LogP contribution in [0.3, 0.4) is 0 Å². The molecule has 24 heavy (non-hydrogen) atoms. The van der Waals surface area contributed by atoms with Crippen molar-refractivity contribution >= 4 is 81.0 Å². The highest BCUT2D eigenvalue weighted by Crippen LogP contribution is 2.50. The first-order valence-electron chi connectivity index (χ1n) is 9.17. The van der Waals surface area contributed by atoms with E-state index in [-0.39, 0.29) is 17.3 Å². The Kier molecular flexibility index (Phi) is 16.1. The molecule has 0 spiro atoms. The summed E-state index contributed by atoms with van der Waals surface area (Å²) in [5, 5.41) is 1.50. The van der Waals surface area contributed by atoms with Crippen LogP contribution >= 0.6 is 63.7 Å². The largest absolute Gasteiger partial charge is 0.187 e. The van der Waals surface area contributed by atoms with Gasteiger partial charge in [-0.15, -0.1) is 0 Å². The second kappa shape index (κ2) is 14.5. The average molecular weight is 479 g/mol.